The number of amides is 1. The van der Waals surface area contributed by atoms with E-state index in [2.05, 4.69) is 4.98 Å². The van der Waals surface area contributed by atoms with Crippen LogP contribution in [0.2, 0.25) is 0 Å². The number of thiocarbonyl (C=S) groups is 1. The van der Waals surface area contributed by atoms with Crippen molar-refractivity contribution in [2.75, 3.05) is 11.5 Å². The molecular formula is C23H16N4O7S2. The summed E-state index contributed by atoms with van der Waals surface area (Å²) in [5.74, 6) is 0.525. The fourth-order valence-corrected chi connectivity index (χ4v) is 4.48. The van der Waals surface area contributed by atoms with Gasteiger partial charge in [0.15, 0.2) is 15.8 Å². The Morgan fingerprint density at radius 1 is 1.03 bits per heavy atom. The number of thioether (sulfide) groups is 1. The van der Waals surface area contributed by atoms with E-state index < -0.39 is 9.85 Å². The number of carbonyl (C=O) groups excluding carboxylic acids is 1. The molecule has 1 fully saturated rings. The van der Waals surface area contributed by atoms with Gasteiger partial charge >= 0.3 is 0 Å². The van der Waals surface area contributed by atoms with Crippen LogP contribution in [0.15, 0.2) is 65.7 Å². The Hall–Kier alpha value is -4.36. The maximum absolute atomic E-state index is 13.0. The van der Waals surface area contributed by atoms with Crippen molar-refractivity contribution in [2.24, 2.45) is 0 Å². The molecule has 182 valence electrons. The van der Waals surface area contributed by atoms with Crippen LogP contribution in [0.5, 0.6) is 17.4 Å². The molecule has 0 aliphatic carbocycles. The molecule has 2 aromatic carbocycles. The summed E-state index contributed by atoms with van der Waals surface area (Å²) in [6, 6.07) is 13.3. The lowest BCUT2D eigenvalue weighted by atomic mass is 10.1. The predicted molar refractivity (Wildman–Crippen MR) is 137 cm³/mol. The largest absolute Gasteiger partial charge is 0.490 e. The highest BCUT2D eigenvalue weighted by Gasteiger charge is 2.33. The van der Waals surface area contributed by atoms with Gasteiger partial charge in [0.1, 0.15) is 6.20 Å². The van der Waals surface area contributed by atoms with Crippen LogP contribution in [0, 0.1) is 20.2 Å². The average Bonchev–Trinajstić information content (AvgIpc) is 3.13. The summed E-state index contributed by atoms with van der Waals surface area (Å²) in [7, 11) is 0. The van der Waals surface area contributed by atoms with Gasteiger partial charge in [0.2, 0.25) is 5.88 Å². The summed E-state index contributed by atoms with van der Waals surface area (Å²) in [6.07, 6.45) is 2.75. The lowest BCUT2D eigenvalue weighted by Gasteiger charge is -2.14. The highest BCUT2D eigenvalue weighted by molar-refractivity contribution is 8.27. The van der Waals surface area contributed by atoms with Crippen molar-refractivity contribution in [2.45, 2.75) is 6.92 Å². The van der Waals surface area contributed by atoms with Gasteiger partial charge in [0.05, 0.1) is 27.0 Å². The summed E-state index contributed by atoms with van der Waals surface area (Å²) in [6.45, 7) is 2.14. The number of nitro benzene ring substituents is 1. The minimum atomic E-state index is -0.554. The lowest BCUT2D eigenvalue weighted by molar-refractivity contribution is -0.385. The van der Waals surface area contributed by atoms with E-state index in [1.54, 1.807) is 31.2 Å². The number of pyridine rings is 1. The van der Waals surface area contributed by atoms with Gasteiger partial charge in [0, 0.05) is 24.3 Å². The normalized spacial score (nSPS) is 14.2. The number of ether oxygens (including phenoxy) is 2. The standard InChI is InChI=1S/C23H16N4O7S2/c1-2-33-19-11-14(3-9-18(19)34-21-10-8-17(13-24-21)27(31)32)12-20-22(28)25(23(35)36-20)15-4-6-16(7-5-15)26(29)30/h3-13H,2H2,1H3/b20-12+. The molecule has 0 bridgehead atoms. The Morgan fingerprint density at radius 2 is 1.72 bits per heavy atom. The van der Waals surface area contributed by atoms with Crippen LogP contribution >= 0.6 is 24.0 Å². The van der Waals surface area contributed by atoms with Gasteiger partial charge in [-0.3, -0.25) is 29.9 Å². The second-order valence-electron chi connectivity index (χ2n) is 7.14. The van der Waals surface area contributed by atoms with Crippen molar-refractivity contribution in [3.05, 3.63) is 91.5 Å². The minimum absolute atomic E-state index is 0.0885. The maximum Gasteiger partial charge on any atom is 0.287 e. The summed E-state index contributed by atoms with van der Waals surface area (Å²) < 4.78 is 11.7. The Labute approximate surface area is 213 Å². The molecule has 2 heterocycles. The number of aromatic nitrogens is 1. The van der Waals surface area contributed by atoms with Crippen LogP contribution in [0.4, 0.5) is 17.1 Å². The second-order valence-corrected chi connectivity index (χ2v) is 8.82. The van der Waals surface area contributed by atoms with Gasteiger partial charge in [-0.15, -0.1) is 0 Å². The van der Waals surface area contributed by atoms with Gasteiger partial charge in [-0.2, -0.15) is 0 Å². The highest BCUT2D eigenvalue weighted by atomic mass is 32.2. The molecule has 0 radical (unpaired) electrons. The Balaban J connectivity index is 1.57. The van der Waals surface area contributed by atoms with E-state index in [0.29, 0.717) is 38.6 Å². The van der Waals surface area contributed by atoms with E-state index in [9.17, 15) is 25.0 Å². The molecule has 1 aliphatic heterocycles. The fourth-order valence-electron chi connectivity index (χ4n) is 3.19. The molecule has 0 N–H and O–H groups in total. The summed E-state index contributed by atoms with van der Waals surface area (Å²) in [4.78, 5) is 39.3. The third-order valence-corrected chi connectivity index (χ3v) is 6.13. The van der Waals surface area contributed by atoms with Gasteiger partial charge < -0.3 is 9.47 Å². The van der Waals surface area contributed by atoms with Crippen LogP contribution in [-0.2, 0) is 4.79 Å². The smallest absolute Gasteiger partial charge is 0.287 e. The first-order valence-corrected chi connectivity index (χ1v) is 11.6. The molecule has 1 amide bonds. The van der Waals surface area contributed by atoms with Gasteiger partial charge in [-0.25, -0.2) is 4.98 Å². The number of anilines is 1. The zero-order chi connectivity index (χ0) is 25.8. The van der Waals surface area contributed by atoms with Crippen molar-refractivity contribution < 1.29 is 24.1 Å². The van der Waals surface area contributed by atoms with Crippen LogP contribution < -0.4 is 14.4 Å². The molecule has 0 atom stereocenters. The number of rotatable bonds is 8. The van der Waals surface area contributed by atoms with E-state index >= 15 is 0 Å². The molecule has 1 saturated heterocycles. The molecule has 13 heteroatoms. The molecule has 1 aromatic heterocycles. The number of nitrogens with zero attached hydrogens (tertiary/aromatic N) is 4. The number of benzene rings is 2. The van der Waals surface area contributed by atoms with Crippen molar-refractivity contribution >= 4 is 57.3 Å². The average molecular weight is 525 g/mol. The maximum atomic E-state index is 13.0. The van der Waals surface area contributed by atoms with Gasteiger partial charge in [0.25, 0.3) is 17.3 Å². The minimum Gasteiger partial charge on any atom is -0.490 e. The SMILES string of the molecule is CCOc1cc(/C=C2/SC(=S)N(c3ccc([N+](=O)[O-])cc3)C2=O)ccc1Oc1ccc([N+](=O)[O-])cn1. The molecule has 11 nitrogen and oxygen atoms in total. The first kappa shape index (κ1) is 24.8. The quantitative estimate of drug-likeness (QED) is 0.161. The zero-order valence-electron chi connectivity index (χ0n) is 18.5. The zero-order valence-corrected chi connectivity index (χ0v) is 20.2. The number of hydrogen-bond acceptors (Lipinski definition) is 10. The molecule has 0 saturated carbocycles. The van der Waals surface area contributed by atoms with E-state index in [1.807, 2.05) is 0 Å². The van der Waals surface area contributed by atoms with Gasteiger partial charge in [-0.05, 0) is 42.8 Å². The third kappa shape index (κ3) is 5.31. The molecule has 3 aromatic rings. The monoisotopic (exact) mass is 524 g/mol. The number of non-ortho nitro benzene ring substituents is 1. The summed E-state index contributed by atoms with van der Waals surface area (Å²) in [5.41, 5.74) is 0.829. The van der Waals surface area contributed by atoms with E-state index in [4.69, 9.17) is 21.7 Å². The van der Waals surface area contributed by atoms with Crippen molar-refractivity contribution in [3.63, 3.8) is 0 Å². The Morgan fingerprint density at radius 3 is 2.33 bits per heavy atom. The molecular weight excluding hydrogens is 508 g/mol. The van der Waals surface area contributed by atoms with Crippen LogP contribution in [0.25, 0.3) is 6.08 Å². The first-order valence-electron chi connectivity index (χ1n) is 10.3. The second kappa shape index (κ2) is 10.5. The van der Waals surface area contributed by atoms with Crippen LogP contribution in [0.1, 0.15) is 12.5 Å². The molecule has 4 rings (SSSR count). The lowest BCUT2D eigenvalue weighted by Crippen LogP contribution is -2.27. The van der Waals surface area contributed by atoms with Crippen molar-refractivity contribution in [1.82, 2.24) is 4.98 Å². The molecule has 1 aliphatic rings. The topological polar surface area (TPSA) is 138 Å². The third-order valence-electron chi connectivity index (χ3n) is 4.82. The van der Waals surface area contributed by atoms with Gasteiger partial charge in [-0.1, -0.05) is 30.0 Å². The van der Waals surface area contributed by atoms with E-state index in [-0.39, 0.29) is 23.2 Å². The van der Waals surface area contributed by atoms with E-state index in [1.165, 1.54) is 41.3 Å². The number of hydrogen-bond donors (Lipinski definition) is 0. The summed E-state index contributed by atoms with van der Waals surface area (Å²) >= 11 is 6.47. The van der Waals surface area contributed by atoms with Crippen LogP contribution in [0.3, 0.4) is 0 Å². The Bertz CT molecular complexity index is 1390. The molecule has 0 unspecified atom stereocenters. The van der Waals surface area contributed by atoms with Crippen LogP contribution in [-0.4, -0.2) is 31.7 Å². The highest BCUT2D eigenvalue weighted by Crippen LogP contribution is 2.38. The predicted octanol–water partition coefficient (Wildman–Crippen LogP) is 5.49. The number of carbonyl (C=O) groups is 1. The Kier molecular flexibility index (Phi) is 7.22. The van der Waals surface area contributed by atoms with E-state index in [0.717, 1.165) is 18.0 Å². The first-order chi connectivity index (χ1) is 17.3. The summed E-state index contributed by atoms with van der Waals surface area (Å²) in [5, 5.41) is 21.7. The van der Waals surface area contributed by atoms with Crippen molar-refractivity contribution in [3.8, 4) is 17.4 Å². The fraction of sp³-hybridized carbons (Fsp3) is 0.0870. The molecule has 36 heavy (non-hydrogen) atoms. The van der Waals surface area contributed by atoms with Crippen molar-refractivity contribution in [1.29, 1.82) is 0 Å². The number of nitro groups is 2. The molecule has 0 spiro atoms.